The van der Waals surface area contributed by atoms with Crippen LogP contribution in [-0.2, 0) is 4.79 Å². The largest absolute Gasteiger partial charge is 0.343 e. The van der Waals surface area contributed by atoms with Crippen molar-refractivity contribution in [3.63, 3.8) is 0 Å². The predicted octanol–water partition coefficient (Wildman–Crippen LogP) is 3.52. The molecule has 3 heterocycles. The van der Waals surface area contributed by atoms with Crippen LogP contribution in [0.1, 0.15) is 69.9 Å². The van der Waals surface area contributed by atoms with E-state index in [0.29, 0.717) is 23.5 Å². The molecule has 9 heteroatoms. The van der Waals surface area contributed by atoms with Crippen LogP contribution in [0.25, 0.3) is 16.9 Å². The normalized spacial score (nSPS) is 22.0. The van der Waals surface area contributed by atoms with E-state index in [2.05, 4.69) is 20.6 Å². The number of fused-ring (bicyclic) bond motifs is 1. The summed E-state index contributed by atoms with van der Waals surface area (Å²) in [5.41, 5.74) is 1.20. The molecular formula is C23H29FN6O2. The Morgan fingerprint density at radius 1 is 1.22 bits per heavy atom. The Morgan fingerprint density at radius 3 is 2.66 bits per heavy atom. The third-order valence-electron chi connectivity index (χ3n) is 6.75. The third kappa shape index (κ3) is 3.79. The molecule has 1 aromatic carbocycles. The Morgan fingerprint density at radius 2 is 1.97 bits per heavy atom. The number of piperidine rings is 1. The lowest BCUT2D eigenvalue weighted by atomic mass is 9.79. The summed E-state index contributed by atoms with van der Waals surface area (Å²) in [4.78, 5) is 18.0. The van der Waals surface area contributed by atoms with Crippen LogP contribution in [0, 0.1) is 5.82 Å². The number of carbonyl (C=O) groups is 1. The van der Waals surface area contributed by atoms with E-state index in [9.17, 15) is 9.18 Å². The van der Waals surface area contributed by atoms with E-state index in [4.69, 9.17) is 4.52 Å². The zero-order chi connectivity index (χ0) is 22.4. The summed E-state index contributed by atoms with van der Waals surface area (Å²) < 4.78 is 21.6. The average Bonchev–Trinajstić information content (AvgIpc) is 3.36. The lowest BCUT2D eigenvalue weighted by molar-refractivity contribution is -0.129. The maximum absolute atomic E-state index is 14.6. The summed E-state index contributed by atoms with van der Waals surface area (Å²) in [6.07, 6.45) is 3.84. The Bertz CT molecular complexity index is 1120. The number of likely N-dealkylation sites (tertiary alicyclic amines) is 1. The number of benzene rings is 1. The number of halogens is 1. The van der Waals surface area contributed by atoms with Gasteiger partial charge in [-0.15, -0.1) is 0 Å². The van der Waals surface area contributed by atoms with Gasteiger partial charge in [-0.1, -0.05) is 26.0 Å². The molecule has 170 valence electrons. The van der Waals surface area contributed by atoms with Gasteiger partial charge in [0.2, 0.25) is 11.8 Å². The zero-order valence-corrected chi connectivity index (χ0v) is 18.7. The molecular weight excluding hydrogens is 411 g/mol. The van der Waals surface area contributed by atoms with Gasteiger partial charge in [0.1, 0.15) is 11.3 Å². The monoisotopic (exact) mass is 440 g/mol. The fourth-order valence-corrected chi connectivity index (χ4v) is 4.85. The number of carbonyl (C=O) groups excluding carboxylic acids is 1. The first-order chi connectivity index (χ1) is 15.4. The van der Waals surface area contributed by atoms with E-state index in [1.807, 2.05) is 24.8 Å². The minimum atomic E-state index is -0.350. The topological polar surface area (TPSA) is 89.1 Å². The first-order valence-electron chi connectivity index (χ1n) is 11.4. The molecule has 0 spiro atoms. The number of amides is 1. The van der Waals surface area contributed by atoms with E-state index >= 15 is 0 Å². The van der Waals surface area contributed by atoms with Gasteiger partial charge >= 0.3 is 0 Å². The standard InChI is InChI=1S/C23H29FN6O2/c1-13(2)20-18-5-4-6-19(24)21(18)30(27-20)23-26-22(32-28-23)15-11-17(12-15)25-16-7-9-29(10-8-16)14(3)31/h4-6,13,15-17,25H,7-12H2,1-3H3/t15-,17+. The van der Waals surface area contributed by atoms with Gasteiger partial charge < -0.3 is 14.7 Å². The van der Waals surface area contributed by atoms with Gasteiger partial charge in [-0.2, -0.15) is 14.8 Å². The van der Waals surface area contributed by atoms with Gasteiger partial charge in [0.15, 0.2) is 0 Å². The predicted molar refractivity (Wildman–Crippen MR) is 117 cm³/mol. The first kappa shape index (κ1) is 21.1. The minimum absolute atomic E-state index is 0.146. The van der Waals surface area contributed by atoms with Gasteiger partial charge in [-0.3, -0.25) is 4.79 Å². The number of nitrogens with zero attached hydrogens (tertiary/aromatic N) is 5. The molecule has 1 amide bonds. The fourth-order valence-electron chi connectivity index (χ4n) is 4.85. The molecule has 32 heavy (non-hydrogen) atoms. The van der Waals surface area contributed by atoms with Crippen molar-refractivity contribution in [3.8, 4) is 5.95 Å². The van der Waals surface area contributed by atoms with Crippen molar-refractivity contribution in [1.82, 2.24) is 30.1 Å². The molecule has 1 aliphatic heterocycles. The summed E-state index contributed by atoms with van der Waals surface area (Å²) in [7, 11) is 0. The lowest BCUT2D eigenvalue weighted by Gasteiger charge is -2.39. The Labute approximate surface area is 186 Å². The summed E-state index contributed by atoms with van der Waals surface area (Å²) in [6, 6.07) is 5.86. The Kier molecular flexibility index (Phi) is 5.44. The van der Waals surface area contributed by atoms with Crippen LogP contribution in [0.3, 0.4) is 0 Å². The number of hydrogen-bond acceptors (Lipinski definition) is 6. The van der Waals surface area contributed by atoms with Gasteiger partial charge in [0, 0.05) is 43.4 Å². The smallest absolute Gasteiger partial charge is 0.291 e. The van der Waals surface area contributed by atoms with Crippen molar-refractivity contribution in [3.05, 3.63) is 35.6 Å². The van der Waals surface area contributed by atoms with Gasteiger partial charge in [-0.25, -0.2) is 4.39 Å². The van der Waals surface area contributed by atoms with Crippen molar-refractivity contribution >= 4 is 16.8 Å². The van der Waals surface area contributed by atoms with Gasteiger partial charge in [0.05, 0.1) is 5.69 Å². The summed E-state index contributed by atoms with van der Waals surface area (Å²) in [5.74, 6) is 1.00. The zero-order valence-electron chi connectivity index (χ0n) is 18.7. The Hall–Kier alpha value is -2.81. The van der Waals surface area contributed by atoms with Crippen molar-refractivity contribution < 1.29 is 13.7 Å². The van der Waals surface area contributed by atoms with Crippen LogP contribution in [0.4, 0.5) is 4.39 Å². The van der Waals surface area contributed by atoms with Crippen molar-refractivity contribution in [2.75, 3.05) is 13.1 Å². The second kappa shape index (κ2) is 8.27. The molecule has 2 fully saturated rings. The summed E-state index contributed by atoms with van der Waals surface area (Å²) in [5, 5.41) is 13.2. The second-order valence-corrected chi connectivity index (χ2v) is 9.33. The first-order valence-corrected chi connectivity index (χ1v) is 11.4. The molecule has 1 saturated heterocycles. The minimum Gasteiger partial charge on any atom is -0.343 e. The number of rotatable bonds is 5. The molecule has 2 aromatic heterocycles. The van der Waals surface area contributed by atoms with Crippen molar-refractivity contribution in [1.29, 1.82) is 0 Å². The number of aromatic nitrogens is 4. The molecule has 2 aliphatic rings. The highest BCUT2D eigenvalue weighted by Crippen LogP contribution is 2.37. The van der Waals surface area contributed by atoms with E-state index in [0.717, 1.165) is 49.9 Å². The summed E-state index contributed by atoms with van der Waals surface area (Å²) >= 11 is 0. The molecule has 3 aromatic rings. The number of para-hydroxylation sites is 1. The highest BCUT2D eigenvalue weighted by molar-refractivity contribution is 5.84. The molecule has 8 nitrogen and oxygen atoms in total. The van der Waals surface area contributed by atoms with Crippen LogP contribution in [-0.4, -0.2) is 55.9 Å². The molecule has 5 rings (SSSR count). The average molecular weight is 441 g/mol. The van der Waals surface area contributed by atoms with Gasteiger partial charge in [0.25, 0.3) is 5.95 Å². The quantitative estimate of drug-likeness (QED) is 0.653. The molecule has 0 radical (unpaired) electrons. The van der Waals surface area contributed by atoms with Crippen molar-refractivity contribution in [2.45, 2.75) is 70.4 Å². The summed E-state index contributed by atoms with van der Waals surface area (Å²) in [6.45, 7) is 7.34. The van der Waals surface area contributed by atoms with Gasteiger partial charge in [-0.05, 0) is 42.8 Å². The maximum Gasteiger partial charge on any atom is 0.291 e. The lowest BCUT2D eigenvalue weighted by Crippen LogP contribution is -2.50. The molecule has 1 saturated carbocycles. The second-order valence-electron chi connectivity index (χ2n) is 9.33. The van der Waals surface area contributed by atoms with E-state index in [1.54, 1.807) is 13.0 Å². The van der Waals surface area contributed by atoms with Crippen LogP contribution >= 0.6 is 0 Å². The molecule has 0 unspecified atom stereocenters. The van der Waals surface area contributed by atoms with Crippen LogP contribution in [0.15, 0.2) is 22.7 Å². The fraction of sp³-hybridized carbons (Fsp3) is 0.565. The molecule has 1 aliphatic carbocycles. The van der Waals surface area contributed by atoms with Crippen LogP contribution < -0.4 is 5.32 Å². The molecule has 1 N–H and O–H groups in total. The SMILES string of the molecule is CC(=O)N1CCC(N[C@H]2C[C@@H](c3nc(-n4nc(C(C)C)c5cccc(F)c54)no3)C2)CC1. The maximum atomic E-state index is 14.6. The van der Waals surface area contributed by atoms with Crippen molar-refractivity contribution in [2.24, 2.45) is 0 Å². The molecule has 0 bridgehead atoms. The highest BCUT2D eigenvalue weighted by atomic mass is 19.1. The highest BCUT2D eigenvalue weighted by Gasteiger charge is 2.36. The van der Waals surface area contributed by atoms with Crippen LogP contribution in [0.2, 0.25) is 0 Å². The number of nitrogens with one attached hydrogen (secondary N) is 1. The number of hydrogen-bond donors (Lipinski definition) is 1. The Balaban J connectivity index is 1.25. The molecule has 0 atom stereocenters. The third-order valence-corrected chi connectivity index (χ3v) is 6.75. The van der Waals surface area contributed by atoms with E-state index in [-0.39, 0.29) is 29.5 Å². The van der Waals surface area contributed by atoms with Crippen LogP contribution in [0.5, 0.6) is 0 Å². The van der Waals surface area contributed by atoms with E-state index < -0.39 is 0 Å². The van der Waals surface area contributed by atoms with E-state index in [1.165, 1.54) is 10.7 Å².